The van der Waals surface area contributed by atoms with Crippen LogP contribution in [0.3, 0.4) is 0 Å². The van der Waals surface area contributed by atoms with E-state index in [9.17, 15) is 5.53 Å². The van der Waals surface area contributed by atoms with Crippen LogP contribution in [-0.4, -0.2) is 4.70 Å². The Morgan fingerprint density at radius 2 is 0.889 bits per heavy atom. The molecule has 2 aromatic rings. The minimum Gasteiger partial charge on any atom is -0.493 e. The predicted octanol–water partition coefficient (Wildman–Crippen LogP) is 13.7. The molecule has 1 aliphatic heterocycles. The number of allylic oxidation sites excluding steroid dienone is 2. The van der Waals surface area contributed by atoms with E-state index < -0.39 is 0 Å². The van der Waals surface area contributed by atoms with Gasteiger partial charge in [-0.05, 0) is 101 Å². The van der Waals surface area contributed by atoms with Gasteiger partial charge in [-0.3, -0.25) is 0 Å². The fourth-order valence-electron chi connectivity index (χ4n) is 7.09. The average molecular weight is 656 g/mol. The Hall–Kier alpha value is -1.99. The van der Waals surface area contributed by atoms with Gasteiger partial charge in [-0.25, -0.2) is 4.70 Å². The molecule has 0 aliphatic carbocycles. The van der Waals surface area contributed by atoms with Gasteiger partial charge in [0.2, 0.25) is 11.4 Å². The molecular weight excluding hydrogens is 591 g/mol. The molecule has 0 N–H and O–H groups in total. The summed E-state index contributed by atoms with van der Waals surface area (Å²) in [5.74, 6) is 0. The zero-order valence-corrected chi connectivity index (χ0v) is 30.8. The maximum atomic E-state index is 12.2. The fourth-order valence-corrected chi connectivity index (χ4v) is 7.09. The molecular formula is C42H64N2Ni. The maximum absolute atomic E-state index is 12.2. The summed E-state index contributed by atoms with van der Waals surface area (Å²) in [4.78, 5) is 0. The number of unbranched alkanes of at least 4 members (excludes halogenated alkanes) is 12. The zero-order chi connectivity index (χ0) is 31.7. The fraction of sp³-hybridized carbons (Fsp3) is 0.619. The van der Waals surface area contributed by atoms with Crippen LogP contribution in [0.2, 0.25) is 0 Å². The Kier molecular flexibility index (Phi) is 18.9. The first kappa shape index (κ1) is 39.2. The molecule has 45 heavy (non-hydrogen) atoms. The van der Waals surface area contributed by atoms with Gasteiger partial charge in [0.25, 0.3) is 0 Å². The van der Waals surface area contributed by atoms with Crippen molar-refractivity contribution in [2.45, 2.75) is 170 Å². The van der Waals surface area contributed by atoms with Gasteiger partial charge < -0.3 is 5.53 Å². The summed E-state index contributed by atoms with van der Waals surface area (Å²) in [6.45, 7) is 13.5. The van der Waals surface area contributed by atoms with Gasteiger partial charge in [-0.2, -0.15) is 0 Å². The first-order valence-electron chi connectivity index (χ1n) is 18.6. The van der Waals surface area contributed by atoms with E-state index in [0.29, 0.717) is 0 Å². The van der Waals surface area contributed by atoms with E-state index in [-0.39, 0.29) is 16.5 Å². The van der Waals surface area contributed by atoms with Crippen LogP contribution in [-0.2, 0) is 29.3 Å². The van der Waals surface area contributed by atoms with Crippen molar-refractivity contribution < 1.29 is 21.2 Å². The van der Waals surface area contributed by atoms with Crippen LogP contribution < -0.4 is 0 Å². The van der Waals surface area contributed by atoms with E-state index in [0.717, 1.165) is 42.6 Å². The second-order valence-corrected chi connectivity index (χ2v) is 13.6. The van der Waals surface area contributed by atoms with Gasteiger partial charge in [0.15, 0.2) is 0 Å². The normalized spacial score (nSPS) is 13.2. The van der Waals surface area contributed by atoms with Gasteiger partial charge in [0.05, 0.1) is 0 Å². The van der Waals surface area contributed by atoms with E-state index in [1.807, 2.05) is 0 Å². The van der Waals surface area contributed by atoms with Crippen LogP contribution in [0.4, 0.5) is 0 Å². The van der Waals surface area contributed by atoms with Crippen molar-refractivity contribution in [2.24, 2.45) is 0 Å². The van der Waals surface area contributed by atoms with Crippen molar-refractivity contribution in [1.82, 2.24) is 0 Å². The van der Waals surface area contributed by atoms with Crippen molar-refractivity contribution in [2.75, 3.05) is 0 Å². The van der Waals surface area contributed by atoms with Crippen molar-refractivity contribution in [1.29, 1.82) is 0 Å². The number of nitrogens with zero attached hydrogens (tertiary/aromatic N) is 2. The Bertz CT molecular complexity index is 1230. The van der Waals surface area contributed by atoms with Crippen LogP contribution in [0.5, 0.6) is 0 Å². The van der Waals surface area contributed by atoms with Crippen LogP contribution in [0.15, 0.2) is 47.5 Å². The summed E-state index contributed by atoms with van der Waals surface area (Å²) in [6, 6.07) is 14.0. The molecule has 0 fully saturated rings. The molecule has 1 aliphatic rings. The van der Waals surface area contributed by atoms with Gasteiger partial charge in [-0.15, -0.1) is 0 Å². The van der Waals surface area contributed by atoms with Crippen molar-refractivity contribution in [3.8, 4) is 0 Å². The maximum Gasteiger partial charge on any atom is 0.211 e. The molecule has 0 bridgehead atoms. The second-order valence-electron chi connectivity index (χ2n) is 13.6. The average Bonchev–Trinajstić information content (AvgIpc) is 3.28. The summed E-state index contributed by atoms with van der Waals surface area (Å²) in [6.07, 6.45) is 24.6. The predicted molar refractivity (Wildman–Crippen MR) is 193 cm³/mol. The first-order chi connectivity index (χ1) is 21.4. The summed E-state index contributed by atoms with van der Waals surface area (Å²) in [5.41, 5.74) is 25.0. The Morgan fingerprint density at radius 3 is 1.44 bits per heavy atom. The third-order valence-corrected chi connectivity index (χ3v) is 9.49. The molecule has 0 unspecified atom stereocenters. The van der Waals surface area contributed by atoms with Gasteiger partial charge in [0.1, 0.15) is 0 Å². The van der Waals surface area contributed by atoms with Gasteiger partial charge >= 0.3 is 0 Å². The summed E-state index contributed by atoms with van der Waals surface area (Å²) in [7, 11) is 0. The van der Waals surface area contributed by atoms with E-state index in [4.69, 9.17) is 0 Å². The third kappa shape index (κ3) is 12.0. The minimum absolute atomic E-state index is 0. The quantitative estimate of drug-likeness (QED) is 0.0685. The summed E-state index contributed by atoms with van der Waals surface area (Å²) >= 11 is 0. The molecule has 0 aromatic heterocycles. The van der Waals surface area contributed by atoms with E-state index in [1.54, 1.807) is 4.70 Å². The number of hydrogen-bond acceptors (Lipinski definition) is 0. The summed E-state index contributed by atoms with van der Waals surface area (Å²) < 4.78 is 1.61. The molecule has 252 valence electrons. The monoisotopic (exact) mass is 654 g/mol. The van der Waals surface area contributed by atoms with Crippen LogP contribution >= 0.6 is 0 Å². The van der Waals surface area contributed by atoms with E-state index in [1.165, 1.54) is 142 Å². The Balaban J connectivity index is 0.00000705. The van der Waals surface area contributed by atoms with E-state index in [2.05, 4.69) is 77.9 Å². The number of benzene rings is 2. The van der Waals surface area contributed by atoms with Crippen molar-refractivity contribution >= 4 is 11.4 Å². The van der Waals surface area contributed by atoms with E-state index >= 15 is 0 Å². The zero-order valence-electron chi connectivity index (χ0n) is 29.8. The molecule has 2 nitrogen and oxygen atoms in total. The number of rotatable bonds is 22. The standard InChI is InChI=1S/C42H64N2.Ni/c1-7-11-15-17-18-22-26-39-40(25-21-16-12-8-2)42(38-30-33(5)29-34(6)31-38)44(43)41(39)37-28-27-35(23-19-13-9-3)36(32-37)24-20-14-10-4;/h27-32H,7-26H2,1-6H3;. The second kappa shape index (κ2) is 21.7. The molecule has 3 rings (SSSR count). The number of hydrogen-bond donors (Lipinski definition) is 0. The molecule has 0 atom stereocenters. The summed E-state index contributed by atoms with van der Waals surface area (Å²) in [5, 5.41) is 0. The third-order valence-electron chi connectivity index (χ3n) is 9.49. The molecule has 0 saturated carbocycles. The molecule has 1 heterocycles. The number of aryl methyl sites for hydroxylation is 4. The smallest absolute Gasteiger partial charge is 0.211 e. The minimum atomic E-state index is 0. The van der Waals surface area contributed by atoms with Gasteiger partial charge in [0, 0.05) is 38.8 Å². The van der Waals surface area contributed by atoms with Crippen molar-refractivity contribution in [3.05, 3.63) is 86.5 Å². The largest absolute Gasteiger partial charge is 0.493 e. The SMILES string of the molecule is CCCCCCCCC1=C(c2ccc(CCCCC)c(CCCCC)c2)[N+](=[N-])C(c2cc(C)cc(C)c2)=C1CCCCCC.[Ni]. The molecule has 0 amide bonds. The first-order valence-corrected chi connectivity index (χ1v) is 18.6. The molecule has 0 saturated heterocycles. The Labute approximate surface area is 288 Å². The van der Waals surface area contributed by atoms with Crippen molar-refractivity contribution in [3.63, 3.8) is 0 Å². The Morgan fingerprint density at radius 1 is 0.467 bits per heavy atom. The molecule has 0 spiro atoms. The van der Waals surface area contributed by atoms with Crippen LogP contribution in [0.25, 0.3) is 16.9 Å². The topological polar surface area (TPSA) is 25.3 Å². The van der Waals surface area contributed by atoms with Crippen LogP contribution in [0.1, 0.15) is 177 Å². The molecule has 3 heteroatoms. The van der Waals surface area contributed by atoms with Crippen LogP contribution in [0, 0.1) is 13.8 Å². The molecule has 2 aromatic carbocycles. The molecule has 0 radical (unpaired) electrons. The van der Waals surface area contributed by atoms with Gasteiger partial charge in [-0.1, -0.05) is 128 Å².